The third kappa shape index (κ3) is 2.10. The Hall–Kier alpha value is -3.74. The molecule has 0 bridgehead atoms. The number of para-hydroxylation sites is 1. The molecule has 1 spiro atoms. The third-order valence-corrected chi connectivity index (χ3v) is 5.04. The Balaban J connectivity index is 1.82. The van der Waals surface area contributed by atoms with Crippen molar-refractivity contribution in [3.05, 3.63) is 89.5 Å². The molecule has 0 aliphatic carbocycles. The van der Waals surface area contributed by atoms with Gasteiger partial charge in [0.25, 0.3) is 11.8 Å². The van der Waals surface area contributed by atoms with Gasteiger partial charge in [-0.3, -0.25) is 14.5 Å². The van der Waals surface area contributed by atoms with Gasteiger partial charge in [0.1, 0.15) is 11.6 Å². The van der Waals surface area contributed by atoms with Crippen molar-refractivity contribution in [1.82, 2.24) is 0 Å². The normalized spacial score (nSPS) is 19.9. The second kappa shape index (κ2) is 5.63. The quantitative estimate of drug-likeness (QED) is 0.677. The Morgan fingerprint density at radius 1 is 0.821 bits per heavy atom. The molecule has 0 fully saturated rings. The summed E-state index contributed by atoms with van der Waals surface area (Å²) in [5, 5.41) is 5.84. The molecule has 2 aliphatic heterocycles. The lowest BCUT2D eigenvalue weighted by Gasteiger charge is -2.44. The Labute approximate surface area is 158 Å². The van der Waals surface area contributed by atoms with Crippen molar-refractivity contribution in [2.24, 2.45) is 0 Å². The standard InChI is InChI=1S/C21H13F2N3O2/c22-12-5-8-14(9-6-12)26-19(27)15-3-1-2-4-17(15)25-21(26)16-11-13(23)7-10-18(16)24-20(21)28/h1-11,25H,(H,24,28)/t21-/m1/s1. The van der Waals surface area contributed by atoms with E-state index in [1.54, 1.807) is 24.3 Å². The van der Waals surface area contributed by atoms with E-state index in [0.29, 0.717) is 22.6 Å². The van der Waals surface area contributed by atoms with Gasteiger partial charge >= 0.3 is 0 Å². The first-order valence-corrected chi connectivity index (χ1v) is 8.59. The molecular weight excluding hydrogens is 364 g/mol. The molecule has 28 heavy (non-hydrogen) atoms. The Morgan fingerprint density at radius 2 is 1.54 bits per heavy atom. The van der Waals surface area contributed by atoms with Gasteiger partial charge in [-0.15, -0.1) is 0 Å². The predicted octanol–water partition coefficient (Wildman–Crippen LogP) is 3.84. The van der Waals surface area contributed by atoms with Crippen LogP contribution in [0, 0.1) is 11.6 Å². The van der Waals surface area contributed by atoms with E-state index in [9.17, 15) is 18.4 Å². The Morgan fingerprint density at radius 3 is 2.32 bits per heavy atom. The summed E-state index contributed by atoms with van der Waals surface area (Å²) in [6.45, 7) is 0. The van der Waals surface area contributed by atoms with E-state index in [-0.39, 0.29) is 5.56 Å². The lowest BCUT2D eigenvalue weighted by molar-refractivity contribution is -0.119. The smallest absolute Gasteiger partial charge is 0.276 e. The number of rotatable bonds is 1. The molecule has 2 amide bonds. The number of hydrogen-bond donors (Lipinski definition) is 2. The molecule has 5 rings (SSSR count). The van der Waals surface area contributed by atoms with Gasteiger partial charge in [-0.05, 0) is 54.6 Å². The topological polar surface area (TPSA) is 61.4 Å². The summed E-state index contributed by atoms with van der Waals surface area (Å²) < 4.78 is 27.6. The lowest BCUT2D eigenvalue weighted by Crippen LogP contribution is -2.61. The molecule has 1 atom stereocenters. The Kier molecular flexibility index (Phi) is 3.30. The summed E-state index contributed by atoms with van der Waals surface area (Å²) in [5.74, 6) is -1.99. The monoisotopic (exact) mass is 377 g/mol. The molecule has 3 aromatic rings. The van der Waals surface area contributed by atoms with E-state index in [0.717, 1.165) is 0 Å². The average molecular weight is 377 g/mol. The number of carbonyl (C=O) groups is 2. The maximum atomic E-state index is 14.1. The van der Waals surface area contributed by atoms with Crippen molar-refractivity contribution < 1.29 is 18.4 Å². The van der Waals surface area contributed by atoms with Gasteiger partial charge < -0.3 is 10.6 Å². The van der Waals surface area contributed by atoms with Gasteiger partial charge in [0, 0.05) is 22.6 Å². The van der Waals surface area contributed by atoms with E-state index in [2.05, 4.69) is 10.6 Å². The highest BCUT2D eigenvalue weighted by Gasteiger charge is 2.57. The van der Waals surface area contributed by atoms with Gasteiger partial charge in [-0.1, -0.05) is 12.1 Å². The summed E-state index contributed by atoms with van der Waals surface area (Å²) in [5.41, 5.74) is 0.109. The van der Waals surface area contributed by atoms with Crippen molar-refractivity contribution in [3.8, 4) is 0 Å². The fourth-order valence-corrected chi connectivity index (χ4v) is 3.81. The molecule has 0 aromatic heterocycles. The minimum Gasteiger partial charge on any atom is -0.350 e. The number of benzene rings is 3. The highest BCUT2D eigenvalue weighted by atomic mass is 19.1. The number of hydrogen-bond acceptors (Lipinski definition) is 3. The fourth-order valence-electron chi connectivity index (χ4n) is 3.81. The maximum absolute atomic E-state index is 14.1. The van der Waals surface area contributed by atoms with E-state index in [1.807, 2.05) is 0 Å². The van der Waals surface area contributed by atoms with Crippen LogP contribution in [0.15, 0.2) is 66.7 Å². The number of carbonyl (C=O) groups excluding carboxylic acids is 2. The summed E-state index contributed by atoms with van der Waals surface area (Å²) in [6, 6.07) is 15.9. The van der Waals surface area contributed by atoms with Crippen LogP contribution in [0.1, 0.15) is 15.9 Å². The number of anilines is 3. The molecule has 138 valence electrons. The van der Waals surface area contributed by atoms with E-state index < -0.39 is 29.1 Å². The van der Waals surface area contributed by atoms with Gasteiger partial charge in [0.05, 0.1) is 5.56 Å². The third-order valence-electron chi connectivity index (χ3n) is 5.04. The van der Waals surface area contributed by atoms with Crippen LogP contribution >= 0.6 is 0 Å². The van der Waals surface area contributed by atoms with Crippen LogP contribution in [-0.2, 0) is 10.5 Å². The van der Waals surface area contributed by atoms with Crippen LogP contribution in [0.5, 0.6) is 0 Å². The van der Waals surface area contributed by atoms with Crippen LogP contribution in [-0.4, -0.2) is 11.8 Å². The molecule has 2 heterocycles. The second-order valence-electron chi connectivity index (χ2n) is 6.64. The van der Waals surface area contributed by atoms with Crippen LogP contribution in [0.25, 0.3) is 0 Å². The SMILES string of the molecule is O=C1c2ccccc2N[C@@]2(C(=O)Nc3ccc(F)cc32)N1c1ccc(F)cc1. The van der Waals surface area contributed by atoms with E-state index in [4.69, 9.17) is 0 Å². The molecule has 5 nitrogen and oxygen atoms in total. The number of amides is 2. The second-order valence-corrected chi connectivity index (χ2v) is 6.64. The first kappa shape index (κ1) is 16.4. The molecule has 2 N–H and O–H groups in total. The first-order valence-electron chi connectivity index (χ1n) is 8.59. The number of nitrogens with zero attached hydrogens (tertiary/aromatic N) is 1. The van der Waals surface area contributed by atoms with Crippen molar-refractivity contribution >= 4 is 28.9 Å². The molecule has 0 radical (unpaired) electrons. The largest absolute Gasteiger partial charge is 0.350 e. The minimum absolute atomic E-state index is 0.282. The van der Waals surface area contributed by atoms with Crippen molar-refractivity contribution in [3.63, 3.8) is 0 Å². The summed E-state index contributed by atoms with van der Waals surface area (Å²) in [6.07, 6.45) is 0. The zero-order chi connectivity index (χ0) is 19.5. The number of halogens is 2. The Bertz CT molecular complexity index is 1150. The number of fused-ring (bicyclic) bond motifs is 3. The minimum atomic E-state index is -1.69. The van der Waals surface area contributed by atoms with Gasteiger partial charge in [0.15, 0.2) is 0 Å². The molecule has 2 aliphatic rings. The van der Waals surface area contributed by atoms with Crippen molar-refractivity contribution in [2.45, 2.75) is 5.66 Å². The van der Waals surface area contributed by atoms with Crippen LogP contribution < -0.4 is 15.5 Å². The fraction of sp³-hybridized carbons (Fsp3) is 0.0476. The zero-order valence-corrected chi connectivity index (χ0v) is 14.4. The average Bonchev–Trinajstić information content (AvgIpc) is 2.95. The molecule has 7 heteroatoms. The van der Waals surface area contributed by atoms with Gasteiger partial charge in [-0.25, -0.2) is 8.78 Å². The predicted molar refractivity (Wildman–Crippen MR) is 100.0 cm³/mol. The maximum Gasteiger partial charge on any atom is 0.276 e. The van der Waals surface area contributed by atoms with Crippen LogP contribution in [0.3, 0.4) is 0 Å². The van der Waals surface area contributed by atoms with E-state index >= 15 is 0 Å². The van der Waals surface area contributed by atoms with Crippen LogP contribution in [0.2, 0.25) is 0 Å². The van der Waals surface area contributed by atoms with Crippen molar-refractivity contribution in [1.29, 1.82) is 0 Å². The summed E-state index contributed by atoms with van der Waals surface area (Å²) >= 11 is 0. The van der Waals surface area contributed by atoms with E-state index in [1.165, 1.54) is 47.4 Å². The number of nitrogens with one attached hydrogen (secondary N) is 2. The molecule has 0 saturated carbocycles. The highest BCUT2D eigenvalue weighted by molar-refractivity contribution is 6.21. The van der Waals surface area contributed by atoms with Crippen molar-refractivity contribution in [2.75, 3.05) is 15.5 Å². The first-order chi connectivity index (χ1) is 13.5. The van der Waals surface area contributed by atoms with Gasteiger partial charge in [-0.2, -0.15) is 0 Å². The summed E-state index contributed by atoms with van der Waals surface area (Å²) in [7, 11) is 0. The highest BCUT2D eigenvalue weighted by Crippen LogP contribution is 2.47. The molecule has 0 unspecified atom stereocenters. The summed E-state index contributed by atoms with van der Waals surface area (Å²) in [4.78, 5) is 27.8. The molecule has 3 aromatic carbocycles. The molecule has 0 saturated heterocycles. The van der Waals surface area contributed by atoms with Gasteiger partial charge in [0.2, 0.25) is 5.66 Å². The zero-order valence-electron chi connectivity index (χ0n) is 14.4. The lowest BCUT2D eigenvalue weighted by atomic mass is 9.92. The van der Waals surface area contributed by atoms with Crippen LogP contribution in [0.4, 0.5) is 25.8 Å². The molecular formula is C21H13F2N3O2.